The molecule has 22 heavy (non-hydrogen) atoms. The molecule has 7 nitrogen and oxygen atoms in total. The zero-order chi connectivity index (χ0) is 17.0. The molecule has 0 unspecified atom stereocenters. The number of ether oxygens (including phenoxy) is 2. The Bertz CT molecular complexity index is 484. The second-order valence-electron chi connectivity index (χ2n) is 6.91. The number of hydrogen-bond donors (Lipinski definition) is 1. The summed E-state index contributed by atoms with van der Waals surface area (Å²) >= 11 is 0. The summed E-state index contributed by atoms with van der Waals surface area (Å²) in [6.07, 6.45) is 3.04. The van der Waals surface area contributed by atoms with Crippen molar-refractivity contribution in [2.24, 2.45) is 4.99 Å². The van der Waals surface area contributed by atoms with Crippen LogP contribution in [-0.4, -0.2) is 40.8 Å². The van der Waals surface area contributed by atoms with Crippen LogP contribution in [0.2, 0.25) is 0 Å². The number of amides is 2. The van der Waals surface area contributed by atoms with Crippen molar-refractivity contribution in [2.45, 2.75) is 59.2 Å². The first-order valence-corrected chi connectivity index (χ1v) is 7.21. The summed E-state index contributed by atoms with van der Waals surface area (Å²) in [6, 6.07) is 0. The van der Waals surface area contributed by atoms with Crippen LogP contribution in [0.3, 0.4) is 0 Å². The molecule has 0 spiro atoms. The number of guanidine groups is 1. The Labute approximate surface area is 131 Å². The third-order valence-electron chi connectivity index (χ3n) is 2.30. The second-order valence-corrected chi connectivity index (χ2v) is 6.91. The molecule has 1 N–H and O–H groups in total. The van der Waals surface area contributed by atoms with Gasteiger partial charge in [-0.3, -0.25) is 5.32 Å². The smallest absolute Gasteiger partial charge is 0.437 e. The van der Waals surface area contributed by atoms with Crippen molar-refractivity contribution < 1.29 is 19.1 Å². The van der Waals surface area contributed by atoms with E-state index >= 15 is 0 Å². The molecular weight excluding hydrogens is 286 g/mol. The number of carbonyl (C=O) groups is 2. The Kier molecular flexibility index (Phi) is 5.57. The second kappa shape index (κ2) is 6.81. The lowest BCUT2D eigenvalue weighted by atomic mass is 10.2. The molecule has 0 aromatic rings. The molecule has 7 heteroatoms. The van der Waals surface area contributed by atoms with E-state index in [4.69, 9.17) is 9.47 Å². The summed E-state index contributed by atoms with van der Waals surface area (Å²) < 4.78 is 10.3. The monoisotopic (exact) mass is 311 g/mol. The zero-order valence-electron chi connectivity index (χ0n) is 14.1. The highest BCUT2D eigenvalue weighted by Gasteiger charge is 2.23. The highest BCUT2D eigenvalue weighted by molar-refractivity contribution is 5.99. The van der Waals surface area contributed by atoms with Crippen LogP contribution in [0.4, 0.5) is 9.59 Å². The molecule has 1 aliphatic heterocycles. The normalized spacial score (nSPS) is 15.7. The van der Waals surface area contributed by atoms with E-state index in [1.807, 2.05) is 6.08 Å². The van der Waals surface area contributed by atoms with Gasteiger partial charge in [0.15, 0.2) is 0 Å². The van der Waals surface area contributed by atoms with Crippen LogP contribution in [-0.2, 0) is 9.47 Å². The molecule has 0 bridgehead atoms. The molecule has 1 aliphatic rings. The summed E-state index contributed by atoms with van der Waals surface area (Å²) in [5.41, 5.74) is -1.29. The van der Waals surface area contributed by atoms with E-state index in [0.29, 0.717) is 6.54 Å². The van der Waals surface area contributed by atoms with Crippen LogP contribution < -0.4 is 5.32 Å². The van der Waals surface area contributed by atoms with Crippen LogP contribution in [0.15, 0.2) is 17.3 Å². The summed E-state index contributed by atoms with van der Waals surface area (Å²) in [5.74, 6) is 0.0947. The minimum absolute atomic E-state index is 0.0947. The van der Waals surface area contributed by atoms with Gasteiger partial charge in [0, 0.05) is 12.7 Å². The Hall–Kier alpha value is -2.05. The predicted molar refractivity (Wildman–Crippen MR) is 83.5 cm³/mol. The average Bonchev–Trinajstić information content (AvgIpc) is 2.75. The summed E-state index contributed by atoms with van der Waals surface area (Å²) in [6.45, 7) is 11.1. The van der Waals surface area contributed by atoms with E-state index in [9.17, 15) is 9.59 Å². The minimum Gasteiger partial charge on any atom is -0.444 e. The molecule has 0 aliphatic carbocycles. The lowest BCUT2D eigenvalue weighted by Gasteiger charge is -2.23. The fourth-order valence-corrected chi connectivity index (χ4v) is 1.60. The molecule has 0 saturated carbocycles. The molecule has 0 saturated heterocycles. The fraction of sp³-hybridized carbons (Fsp3) is 0.667. The molecule has 1 heterocycles. The van der Waals surface area contributed by atoms with Crippen molar-refractivity contribution in [1.29, 1.82) is 0 Å². The molecule has 0 atom stereocenters. The molecule has 0 aromatic carbocycles. The molecule has 0 fully saturated rings. The van der Waals surface area contributed by atoms with Crippen LogP contribution >= 0.6 is 0 Å². The van der Waals surface area contributed by atoms with Gasteiger partial charge in [-0.05, 0) is 48.0 Å². The van der Waals surface area contributed by atoms with Crippen LogP contribution in [0, 0.1) is 0 Å². The van der Waals surface area contributed by atoms with Gasteiger partial charge in [-0.25, -0.2) is 9.59 Å². The number of alkyl carbamates (subject to hydrolysis) is 1. The van der Waals surface area contributed by atoms with E-state index in [2.05, 4.69) is 10.3 Å². The SMILES string of the molecule is CC(C)(C)OC(=O)/N=C(/NC(=O)OC(C)(C)C)N1C=CCC1. The first-order chi connectivity index (χ1) is 9.96. The molecule has 1 rings (SSSR count). The Balaban J connectivity index is 2.82. The van der Waals surface area contributed by atoms with Gasteiger partial charge < -0.3 is 14.4 Å². The molecule has 2 amide bonds. The standard InChI is InChI=1S/C15H25N3O4/c1-14(2,3)21-12(19)16-11(18-9-7-8-10-18)17-13(20)22-15(4,5)6/h7,9H,8,10H2,1-6H3,(H,16,17,19,20). The minimum atomic E-state index is -0.765. The third-order valence-corrected chi connectivity index (χ3v) is 2.30. The van der Waals surface area contributed by atoms with E-state index in [0.717, 1.165) is 6.42 Å². The van der Waals surface area contributed by atoms with Gasteiger partial charge in [0.1, 0.15) is 11.2 Å². The topological polar surface area (TPSA) is 80.2 Å². The van der Waals surface area contributed by atoms with Gasteiger partial charge in [0.05, 0.1) is 0 Å². The van der Waals surface area contributed by atoms with Gasteiger partial charge in [0.25, 0.3) is 0 Å². The quantitative estimate of drug-likeness (QED) is 0.549. The van der Waals surface area contributed by atoms with Gasteiger partial charge in [-0.1, -0.05) is 6.08 Å². The maximum absolute atomic E-state index is 11.9. The van der Waals surface area contributed by atoms with Crippen molar-refractivity contribution in [3.05, 3.63) is 12.3 Å². The van der Waals surface area contributed by atoms with Crippen molar-refractivity contribution in [2.75, 3.05) is 6.54 Å². The van der Waals surface area contributed by atoms with Gasteiger partial charge in [0.2, 0.25) is 5.96 Å². The molecule has 0 radical (unpaired) electrons. The number of hydrogen-bond acceptors (Lipinski definition) is 4. The summed E-state index contributed by atoms with van der Waals surface area (Å²) in [5, 5.41) is 2.49. The summed E-state index contributed by atoms with van der Waals surface area (Å²) in [7, 11) is 0. The number of carbonyl (C=O) groups excluding carboxylic acids is 2. The lowest BCUT2D eigenvalue weighted by molar-refractivity contribution is 0.0557. The first kappa shape index (κ1) is 18.0. The largest absolute Gasteiger partial charge is 0.444 e. The maximum atomic E-state index is 11.9. The highest BCUT2D eigenvalue weighted by atomic mass is 16.6. The van der Waals surface area contributed by atoms with Crippen molar-refractivity contribution in [1.82, 2.24) is 10.2 Å². The van der Waals surface area contributed by atoms with Gasteiger partial charge in [-0.2, -0.15) is 0 Å². The van der Waals surface area contributed by atoms with Crippen molar-refractivity contribution in [3.63, 3.8) is 0 Å². The lowest BCUT2D eigenvalue weighted by Crippen LogP contribution is -2.44. The Morgan fingerprint density at radius 3 is 2.14 bits per heavy atom. The Morgan fingerprint density at radius 2 is 1.68 bits per heavy atom. The van der Waals surface area contributed by atoms with Crippen molar-refractivity contribution in [3.8, 4) is 0 Å². The predicted octanol–water partition coefficient (Wildman–Crippen LogP) is 3.02. The van der Waals surface area contributed by atoms with Crippen LogP contribution in [0.1, 0.15) is 48.0 Å². The van der Waals surface area contributed by atoms with Gasteiger partial charge in [-0.15, -0.1) is 4.99 Å². The van der Waals surface area contributed by atoms with E-state index < -0.39 is 23.4 Å². The Morgan fingerprint density at radius 1 is 1.09 bits per heavy atom. The van der Waals surface area contributed by atoms with Crippen LogP contribution in [0.25, 0.3) is 0 Å². The van der Waals surface area contributed by atoms with E-state index in [-0.39, 0.29) is 5.96 Å². The zero-order valence-corrected chi connectivity index (χ0v) is 14.1. The van der Waals surface area contributed by atoms with Gasteiger partial charge >= 0.3 is 12.2 Å². The van der Waals surface area contributed by atoms with E-state index in [1.54, 1.807) is 52.6 Å². The van der Waals surface area contributed by atoms with Crippen molar-refractivity contribution >= 4 is 18.1 Å². The number of aliphatic imine (C=N–C) groups is 1. The first-order valence-electron chi connectivity index (χ1n) is 7.21. The molecular formula is C15H25N3O4. The van der Waals surface area contributed by atoms with E-state index in [1.165, 1.54) is 0 Å². The number of nitrogens with one attached hydrogen (secondary N) is 1. The highest BCUT2D eigenvalue weighted by Crippen LogP contribution is 2.11. The third kappa shape index (κ3) is 7.10. The average molecular weight is 311 g/mol. The summed E-state index contributed by atoms with van der Waals surface area (Å²) in [4.78, 5) is 29.2. The molecule has 0 aromatic heterocycles. The fourth-order valence-electron chi connectivity index (χ4n) is 1.60. The number of rotatable bonds is 0. The maximum Gasteiger partial charge on any atom is 0.437 e. The van der Waals surface area contributed by atoms with Crippen LogP contribution in [0.5, 0.6) is 0 Å². The number of nitrogens with zero attached hydrogens (tertiary/aromatic N) is 2. The molecule has 124 valence electrons.